The van der Waals surface area contributed by atoms with Crippen LogP contribution in [-0.4, -0.2) is 50.0 Å². The lowest BCUT2D eigenvalue weighted by atomic mass is 10.1. The van der Waals surface area contributed by atoms with Crippen molar-refractivity contribution in [2.75, 3.05) is 17.1 Å². The van der Waals surface area contributed by atoms with Gasteiger partial charge in [-0.3, -0.25) is 13.9 Å². The summed E-state index contributed by atoms with van der Waals surface area (Å²) in [4.78, 5) is 27.4. The van der Waals surface area contributed by atoms with Gasteiger partial charge >= 0.3 is 0 Å². The van der Waals surface area contributed by atoms with E-state index in [1.165, 1.54) is 29.2 Å². The van der Waals surface area contributed by atoms with Crippen molar-refractivity contribution in [3.05, 3.63) is 65.5 Å². The molecule has 2 rings (SSSR count). The van der Waals surface area contributed by atoms with Gasteiger partial charge in [0.25, 0.3) is 0 Å². The number of amides is 2. The van der Waals surface area contributed by atoms with Crippen molar-refractivity contribution in [3.63, 3.8) is 0 Å². The Bertz CT molecular complexity index is 1090. The van der Waals surface area contributed by atoms with Crippen LogP contribution in [0.3, 0.4) is 0 Å². The van der Waals surface area contributed by atoms with Gasteiger partial charge in [0.1, 0.15) is 11.9 Å². The number of halogens is 1. The fraction of sp³-hybridized carbons (Fsp3) is 0.440. The summed E-state index contributed by atoms with van der Waals surface area (Å²) in [6, 6.07) is 12.1. The zero-order chi connectivity index (χ0) is 25.5. The third kappa shape index (κ3) is 8.13. The van der Waals surface area contributed by atoms with Crippen molar-refractivity contribution in [1.82, 2.24) is 10.2 Å². The van der Waals surface area contributed by atoms with Gasteiger partial charge in [0.2, 0.25) is 21.8 Å². The van der Waals surface area contributed by atoms with Crippen LogP contribution in [0.5, 0.6) is 0 Å². The predicted octanol–water partition coefficient (Wildman–Crippen LogP) is 3.62. The van der Waals surface area contributed by atoms with E-state index in [0.717, 1.165) is 21.7 Å². The average Bonchev–Trinajstić information content (AvgIpc) is 2.74. The molecule has 0 aliphatic carbocycles. The summed E-state index contributed by atoms with van der Waals surface area (Å²) in [7, 11) is -3.62. The second kappa shape index (κ2) is 12.0. The molecule has 1 atom stereocenters. The van der Waals surface area contributed by atoms with E-state index >= 15 is 0 Å². The Labute approximate surface area is 202 Å². The number of hydrogen-bond acceptors (Lipinski definition) is 4. The number of nitrogens with one attached hydrogen (secondary N) is 1. The van der Waals surface area contributed by atoms with Crippen LogP contribution in [0.15, 0.2) is 48.5 Å². The second-order valence-corrected chi connectivity index (χ2v) is 10.7. The number of benzene rings is 2. The smallest absolute Gasteiger partial charge is 0.242 e. The molecule has 0 aromatic heterocycles. The van der Waals surface area contributed by atoms with E-state index in [2.05, 4.69) is 5.32 Å². The number of carbonyl (C=O) groups excluding carboxylic acids is 2. The van der Waals surface area contributed by atoms with E-state index in [1.807, 2.05) is 45.0 Å². The number of rotatable bonds is 11. The molecule has 186 valence electrons. The minimum atomic E-state index is -3.62. The molecular formula is C25H34FN3O4S. The lowest BCUT2D eigenvalue weighted by Crippen LogP contribution is -2.49. The van der Waals surface area contributed by atoms with Crippen LogP contribution in [0.1, 0.15) is 44.7 Å². The molecule has 0 unspecified atom stereocenters. The molecule has 0 heterocycles. The standard InChI is InChI=1S/C25H34FN3O4S/c1-18(2)27-25(31)20(4)28(17-21-9-6-8-19(3)16-21)24(30)10-7-15-29(34(5,32)33)23-13-11-22(26)12-14-23/h6,8-9,11-14,16,18,20H,7,10,15,17H2,1-5H3,(H,27,31)/t20-/m0/s1. The molecule has 0 saturated carbocycles. The van der Waals surface area contributed by atoms with Crippen molar-refractivity contribution in [2.24, 2.45) is 0 Å². The van der Waals surface area contributed by atoms with E-state index < -0.39 is 21.9 Å². The first kappa shape index (κ1) is 27.3. The maximum atomic E-state index is 13.3. The normalized spacial score (nSPS) is 12.3. The summed E-state index contributed by atoms with van der Waals surface area (Å²) in [5.41, 5.74) is 2.28. The quantitative estimate of drug-likeness (QED) is 0.520. The maximum absolute atomic E-state index is 13.3. The molecule has 0 saturated heterocycles. The summed E-state index contributed by atoms with van der Waals surface area (Å²) in [6.07, 6.45) is 1.37. The fourth-order valence-electron chi connectivity index (χ4n) is 3.61. The molecular weight excluding hydrogens is 457 g/mol. The fourth-order valence-corrected chi connectivity index (χ4v) is 4.57. The summed E-state index contributed by atoms with van der Waals surface area (Å²) in [5, 5.41) is 2.84. The van der Waals surface area contributed by atoms with E-state index in [0.29, 0.717) is 5.69 Å². The van der Waals surface area contributed by atoms with Gasteiger partial charge in [-0.1, -0.05) is 29.8 Å². The van der Waals surface area contributed by atoms with Gasteiger partial charge in [-0.15, -0.1) is 0 Å². The van der Waals surface area contributed by atoms with Crippen molar-refractivity contribution >= 4 is 27.5 Å². The Kier molecular flexibility index (Phi) is 9.61. The van der Waals surface area contributed by atoms with Crippen LogP contribution in [0.2, 0.25) is 0 Å². The summed E-state index contributed by atoms with van der Waals surface area (Å²) in [6.45, 7) is 7.67. The van der Waals surface area contributed by atoms with Gasteiger partial charge in [0.05, 0.1) is 11.9 Å². The first-order valence-corrected chi connectivity index (χ1v) is 13.1. The predicted molar refractivity (Wildman–Crippen MR) is 132 cm³/mol. The molecule has 34 heavy (non-hydrogen) atoms. The molecule has 2 amide bonds. The lowest BCUT2D eigenvalue weighted by molar-refractivity contribution is -0.140. The minimum Gasteiger partial charge on any atom is -0.352 e. The van der Waals surface area contributed by atoms with Crippen LogP contribution in [0, 0.1) is 12.7 Å². The molecule has 0 bridgehead atoms. The van der Waals surface area contributed by atoms with E-state index in [4.69, 9.17) is 0 Å². The molecule has 0 fully saturated rings. The second-order valence-electron chi connectivity index (χ2n) is 8.77. The largest absolute Gasteiger partial charge is 0.352 e. The molecule has 0 radical (unpaired) electrons. The monoisotopic (exact) mass is 491 g/mol. The van der Waals surface area contributed by atoms with Crippen LogP contribution in [-0.2, 0) is 26.2 Å². The number of sulfonamides is 1. The molecule has 2 aromatic rings. The molecule has 9 heteroatoms. The molecule has 0 aliphatic rings. The van der Waals surface area contributed by atoms with Gasteiger partial charge in [-0.05, 0) is 63.9 Å². The molecule has 0 spiro atoms. The molecule has 0 aliphatic heterocycles. The first-order valence-electron chi connectivity index (χ1n) is 11.3. The lowest BCUT2D eigenvalue weighted by Gasteiger charge is -2.30. The highest BCUT2D eigenvalue weighted by molar-refractivity contribution is 7.92. The Morgan fingerprint density at radius 1 is 1.06 bits per heavy atom. The highest BCUT2D eigenvalue weighted by Gasteiger charge is 2.27. The average molecular weight is 492 g/mol. The summed E-state index contributed by atoms with van der Waals surface area (Å²) < 4.78 is 39.0. The van der Waals surface area contributed by atoms with E-state index in [1.54, 1.807) is 6.92 Å². The van der Waals surface area contributed by atoms with Crippen LogP contribution in [0.25, 0.3) is 0 Å². The van der Waals surface area contributed by atoms with Gasteiger partial charge in [0, 0.05) is 25.6 Å². The highest BCUT2D eigenvalue weighted by Crippen LogP contribution is 2.20. The number of nitrogens with zero attached hydrogens (tertiary/aromatic N) is 2. The van der Waals surface area contributed by atoms with Crippen LogP contribution in [0.4, 0.5) is 10.1 Å². The Morgan fingerprint density at radius 2 is 1.71 bits per heavy atom. The van der Waals surface area contributed by atoms with Gasteiger partial charge < -0.3 is 10.2 Å². The molecule has 2 aromatic carbocycles. The number of hydrogen-bond donors (Lipinski definition) is 1. The summed E-state index contributed by atoms with van der Waals surface area (Å²) >= 11 is 0. The van der Waals surface area contributed by atoms with Crippen molar-refractivity contribution in [1.29, 1.82) is 0 Å². The van der Waals surface area contributed by atoms with Crippen molar-refractivity contribution < 1.29 is 22.4 Å². The maximum Gasteiger partial charge on any atom is 0.242 e. The number of anilines is 1. The third-order valence-electron chi connectivity index (χ3n) is 5.30. The molecule has 7 nitrogen and oxygen atoms in total. The zero-order valence-electron chi connectivity index (χ0n) is 20.4. The summed E-state index contributed by atoms with van der Waals surface area (Å²) in [5.74, 6) is -0.964. The zero-order valence-corrected chi connectivity index (χ0v) is 21.2. The number of aryl methyl sites for hydroxylation is 1. The number of carbonyl (C=O) groups is 2. The SMILES string of the molecule is Cc1cccc(CN(C(=O)CCCN(c2ccc(F)cc2)S(C)(=O)=O)[C@@H](C)C(=O)NC(C)C)c1. The van der Waals surface area contributed by atoms with E-state index in [-0.39, 0.29) is 43.8 Å². The Morgan fingerprint density at radius 3 is 2.26 bits per heavy atom. The molecule has 1 N–H and O–H groups in total. The Hall–Kier alpha value is -2.94. The van der Waals surface area contributed by atoms with Crippen molar-refractivity contribution in [3.8, 4) is 0 Å². The first-order chi connectivity index (χ1) is 15.9. The van der Waals surface area contributed by atoms with Gasteiger partial charge in [-0.2, -0.15) is 0 Å². The van der Waals surface area contributed by atoms with Crippen LogP contribution >= 0.6 is 0 Å². The topological polar surface area (TPSA) is 86.8 Å². The highest BCUT2D eigenvalue weighted by atomic mass is 32.2. The van der Waals surface area contributed by atoms with Gasteiger partial charge in [0.15, 0.2) is 0 Å². The van der Waals surface area contributed by atoms with E-state index in [9.17, 15) is 22.4 Å². The van der Waals surface area contributed by atoms with Crippen molar-refractivity contribution in [2.45, 2.75) is 59.2 Å². The third-order valence-corrected chi connectivity index (χ3v) is 6.49. The minimum absolute atomic E-state index is 0.0539. The Balaban J connectivity index is 2.16. The van der Waals surface area contributed by atoms with Gasteiger partial charge in [-0.25, -0.2) is 12.8 Å². The van der Waals surface area contributed by atoms with Crippen LogP contribution < -0.4 is 9.62 Å².